The van der Waals surface area contributed by atoms with Gasteiger partial charge in [-0.05, 0) is 12.5 Å². The summed E-state index contributed by atoms with van der Waals surface area (Å²) < 4.78 is 4.97. The van der Waals surface area contributed by atoms with E-state index in [1.165, 1.54) is 0 Å². The van der Waals surface area contributed by atoms with Crippen molar-refractivity contribution >= 4 is 5.91 Å². The molecule has 0 bridgehead atoms. The summed E-state index contributed by atoms with van der Waals surface area (Å²) in [4.78, 5) is 17.9. The molecule has 0 aliphatic rings. The maximum atomic E-state index is 12.3. The highest BCUT2D eigenvalue weighted by atomic mass is 16.5. The molecule has 0 saturated carbocycles. The Morgan fingerprint density at radius 1 is 1.58 bits per heavy atom. The lowest BCUT2D eigenvalue weighted by Crippen LogP contribution is -2.29. The third-order valence-electron chi connectivity index (χ3n) is 2.57. The first-order chi connectivity index (χ1) is 9.20. The van der Waals surface area contributed by atoms with E-state index in [-0.39, 0.29) is 12.5 Å². The van der Waals surface area contributed by atoms with Crippen LogP contribution in [0.4, 0.5) is 0 Å². The highest BCUT2D eigenvalue weighted by Gasteiger charge is 2.14. The molecule has 1 aromatic rings. The second kappa shape index (κ2) is 8.25. The molecule has 1 amide bonds. The minimum atomic E-state index is -0.0696. The van der Waals surface area contributed by atoms with Gasteiger partial charge in [-0.3, -0.25) is 9.78 Å². The van der Waals surface area contributed by atoms with E-state index < -0.39 is 0 Å². The fraction of sp³-hybridized carbons (Fsp3) is 0.429. The van der Waals surface area contributed by atoms with Crippen molar-refractivity contribution in [3.63, 3.8) is 0 Å². The monoisotopic (exact) mass is 261 g/mol. The van der Waals surface area contributed by atoms with E-state index in [2.05, 4.69) is 16.8 Å². The summed E-state index contributed by atoms with van der Waals surface area (Å²) in [5, 5.41) is 0. The van der Waals surface area contributed by atoms with Crippen LogP contribution in [0, 0.1) is 11.8 Å². The average Bonchev–Trinajstić information content (AvgIpc) is 2.44. The maximum absolute atomic E-state index is 12.3. The summed E-state index contributed by atoms with van der Waals surface area (Å²) in [7, 11) is 3.41. The van der Waals surface area contributed by atoms with Crippen LogP contribution in [0.25, 0.3) is 0 Å². The Labute approximate surface area is 113 Å². The molecule has 19 heavy (non-hydrogen) atoms. The summed E-state index contributed by atoms with van der Waals surface area (Å²) in [5.74, 6) is 5.53. The number of rotatable bonds is 5. The van der Waals surface area contributed by atoms with Crippen molar-refractivity contribution < 1.29 is 9.53 Å². The van der Waals surface area contributed by atoms with Gasteiger partial charge in [-0.25, -0.2) is 0 Å². The molecule has 0 spiro atoms. The number of hydrogen-bond acceptors (Lipinski definition) is 4. The van der Waals surface area contributed by atoms with Crippen LogP contribution in [0.5, 0.6) is 0 Å². The molecule has 0 radical (unpaired) electrons. The zero-order valence-electron chi connectivity index (χ0n) is 11.3. The van der Waals surface area contributed by atoms with Crippen molar-refractivity contribution in [2.24, 2.45) is 5.73 Å². The first-order valence-corrected chi connectivity index (χ1v) is 6.08. The Bertz CT molecular complexity index is 477. The van der Waals surface area contributed by atoms with Crippen LogP contribution in [0.15, 0.2) is 18.5 Å². The Balaban J connectivity index is 2.81. The van der Waals surface area contributed by atoms with Crippen LogP contribution in [0.2, 0.25) is 0 Å². The Kier molecular flexibility index (Phi) is 6.58. The van der Waals surface area contributed by atoms with Crippen molar-refractivity contribution in [1.82, 2.24) is 9.88 Å². The Morgan fingerprint density at radius 2 is 2.37 bits per heavy atom. The number of ether oxygens (including phenoxy) is 1. The molecule has 2 N–H and O–H groups in total. The number of aromatic nitrogens is 1. The number of nitrogens with two attached hydrogens (primary N) is 1. The fourth-order valence-corrected chi connectivity index (χ4v) is 1.58. The quantitative estimate of drug-likeness (QED) is 0.619. The predicted molar refractivity (Wildman–Crippen MR) is 73.6 cm³/mol. The molecular formula is C14H19N3O2. The summed E-state index contributed by atoms with van der Waals surface area (Å²) in [5.41, 5.74) is 6.50. The van der Waals surface area contributed by atoms with E-state index in [0.717, 1.165) is 6.42 Å². The van der Waals surface area contributed by atoms with Gasteiger partial charge in [0.05, 0.1) is 17.7 Å². The van der Waals surface area contributed by atoms with Gasteiger partial charge in [-0.15, -0.1) is 0 Å². The average molecular weight is 261 g/mol. The lowest BCUT2D eigenvalue weighted by atomic mass is 10.1. The first kappa shape index (κ1) is 15.2. The fourth-order valence-electron chi connectivity index (χ4n) is 1.58. The highest BCUT2D eigenvalue weighted by molar-refractivity contribution is 5.96. The molecule has 5 heteroatoms. The van der Waals surface area contributed by atoms with E-state index in [1.807, 2.05) is 0 Å². The molecular weight excluding hydrogens is 242 g/mol. The van der Waals surface area contributed by atoms with E-state index in [0.29, 0.717) is 24.3 Å². The smallest absolute Gasteiger partial charge is 0.254 e. The van der Waals surface area contributed by atoms with E-state index >= 15 is 0 Å². The number of hydrogen-bond donors (Lipinski definition) is 1. The number of carbonyl (C=O) groups excluding carboxylic acids is 1. The van der Waals surface area contributed by atoms with Crippen LogP contribution in [-0.2, 0) is 4.74 Å². The third kappa shape index (κ3) is 4.70. The van der Waals surface area contributed by atoms with Gasteiger partial charge in [-0.2, -0.15) is 0 Å². The minimum Gasteiger partial charge on any atom is -0.385 e. The molecule has 0 saturated heterocycles. The van der Waals surface area contributed by atoms with Crippen molar-refractivity contribution in [1.29, 1.82) is 0 Å². The largest absolute Gasteiger partial charge is 0.385 e. The summed E-state index contributed by atoms with van der Waals surface area (Å²) in [6.45, 7) is 1.53. The van der Waals surface area contributed by atoms with Crippen LogP contribution >= 0.6 is 0 Å². The number of pyridine rings is 1. The van der Waals surface area contributed by atoms with Crippen LogP contribution in [0.3, 0.4) is 0 Å². The summed E-state index contributed by atoms with van der Waals surface area (Å²) >= 11 is 0. The van der Waals surface area contributed by atoms with Crippen LogP contribution in [-0.4, -0.2) is 49.6 Å². The van der Waals surface area contributed by atoms with E-state index in [9.17, 15) is 4.79 Å². The second-order valence-corrected chi connectivity index (χ2v) is 4.00. The number of carbonyl (C=O) groups is 1. The molecule has 1 aromatic heterocycles. The first-order valence-electron chi connectivity index (χ1n) is 6.08. The number of nitrogens with zero attached hydrogens (tertiary/aromatic N) is 2. The van der Waals surface area contributed by atoms with Crippen LogP contribution in [0.1, 0.15) is 22.3 Å². The normalized spacial score (nSPS) is 9.63. The molecule has 1 rings (SSSR count). The predicted octanol–water partition coefficient (Wildman–Crippen LogP) is 0.500. The lowest BCUT2D eigenvalue weighted by molar-refractivity contribution is 0.0779. The molecule has 0 fully saturated rings. The van der Waals surface area contributed by atoms with Gasteiger partial charge in [0.15, 0.2) is 0 Å². The topological polar surface area (TPSA) is 68.5 Å². The third-order valence-corrected chi connectivity index (χ3v) is 2.57. The standard InChI is InChI=1S/C14H19N3O2/c1-17(9-4-10-19-2)14(18)13-6-8-16-11-12(13)5-3-7-15/h6,8,11H,4,7,9-10,15H2,1-2H3. The van der Waals surface area contributed by atoms with Crippen molar-refractivity contribution in [3.05, 3.63) is 29.6 Å². The van der Waals surface area contributed by atoms with Gasteiger partial charge in [0.25, 0.3) is 5.91 Å². The van der Waals surface area contributed by atoms with Gasteiger partial charge in [-0.1, -0.05) is 11.8 Å². The molecule has 102 valence electrons. The summed E-state index contributed by atoms with van der Waals surface area (Å²) in [6.07, 6.45) is 3.97. The molecule has 0 unspecified atom stereocenters. The highest BCUT2D eigenvalue weighted by Crippen LogP contribution is 2.09. The van der Waals surface area contributed by atoms with Crippen molar-refractivity contribution in [3.8, 4) is 11.8 Å². The molecule has 0 aliphatic carbocycles. The minimum absolute atomic E-state index is 0.0696. The molecule has 0 atom stereocenters. The summed E-state index contributed by atoms with van der Waals surface area (Å²) in [6, 6.07) is 1.68. The van der Waals surface area contributed by atoms with Crippen molar-refractivity contribution in [2.75, 3.05) is 33.9 Å². The Morgan fingerprint density at radius 3 is 3.05 bits per heavy atom. The van der Waals surface area contributed by atoms with Gasteiger partial charge in [0.2, 0.25) is 0 Å². The van der Waals surface area contributed by atoms with Gasteiger partial charge in [0.1, 0.15) is 0 Å². The number of methoxy groups -OCH3 is 1. The molecule has 5 nitrogen and oxygen atoms in total. The number of amides is 1. The van der Waals surface area contributed by atoms with Crippen LogP contribution < -0.4 is 5.73 Å². The zero-order valence-corrected chi connectivity index (χ0v) is 11.3. The molecule has 0 aromatic carbocycles. The second-order valence-electron chi connectivity index (χ2n) is 4.00. The van der Waals surface area contributed by atoms with Gasteiger partial charge >= 0.3 is 0 Å². The lowest BCUT2D eigenvalue weighted by Gasteiger charge is -2.17. The molecule has 1 heterocycles. The van der Waals surface area contributed by atoms with Crippen molar-refractivity contribution in [2.45, 2.75) is 6.42 Å². The van der Waals surface area contributed by atoms with E-state index in [1.54, 1.807) is 37.5 Å². The van der Waals surface area contributed by atoms with Gasteiger partial charge in [0, 0.05) is 39.7 Å². The Hall–Kier alpha value is -1.90. The SMILES string of the molecule is COCCCN(C)C(=O)c1ccncc1C#CCN. The maximum Gasteiger partial charge on any atom is 0.254 e. The zero-order chi connectivity index (χ0) is 14.1. The van der Waals surface area contributed by atoms with E-state index in [4.69, 9.17) is 10.5 Å². The van der Waals surface area contributed by atoms with Gasteiger partial charge < -0.3 is 15.4 Å². The molecule has 0 aliphatic heterocycles.